The molecular weight excluding hydrogens is 166 g/mol. The van der Waals surface area contributed by atoms with E-state index in [9.17, 15) is 0 Å². The van der Waals surface area contributed by atoms with Crippen molar-refractivity contribution in [3.8, 4) is 0 Å². The summed E-state index contributed by atoms with van der Waals surface area (Å²) >= 11 is 0. The van der Waals surface area contributed by atoms with Crippen molar-refractivity contribution in [2.75, 3.05) is 6.54 Å². The summed E-state index contributed by atoms with van der Waals surface area (Å²) in [6.07, 6.45) is 1.73. The van der Waals surface area contributed by atoms with Gasteiger partial charge in [0.2, 0.25) is 0 Å². The lowest BCUT2D eigenvalue weighted by Gasteiger charge is -1.97. The summed E-state index contributed by atoms with van der Waals surface area (Å²) in [5.74, 6) is 0.845. The first-order valence-corrected chi connectivity index (χ1v) is 4.28. The lowest BCUT2D eigenvalue weighted by atomic mass is 10.5. The van der Waals surface area contributed by atoms with Gasteiger partial charge in [-0.3, -0.25) is 0 Å². The lowest BCUT2D eigenvalue weighted by Crippen LogP contribution is -2.14. The van der Waals surface area contributed by atoms with E-state index >= 15 is 0 Å². The topological polar surface area (TPSA) is 55.1 Å². The molecule has 0 saturated heterocycles. The first kappa shape index (κ1) is 8.12. The number of fused-ring (bicyclic) bond motifs is 1. The smallest absolute Gasteiger partial charge is 0.177 e. The Morgan fingerprint density at radius 3 is 3.23 bits per heavy atom. The maximum atomic E-state index is 4.15. The number of nitrogens with one attached hydrogen (secondary N) is 1. The number of nitrogens with zero attached hydrogens (tertiary/aromatic N) is 4. The molecule has 13 heavy (non-hydrogen) atoms. The SMILES string of the molecule is CCNCc1nnc2cccnn12. The monoisotopic (exact) mass is 177 g/mol. The van der Waals surface area contributed by atoms with Gasteiger partial charge in [0.1, 0.15) is 0 Å². The third-order valence-electron chi connectivity index (χ3n) is 1.78. The zero-order valence-electron chi connectivity index (χ0n) is 7.44. The van der Waals surface area contributed by atoms with E-state index < -0.39 is 0 Å². The molecule has 5 heteroatoms. The van der Waals surface area contributed by atoms with Gasteiger partial charge in [0, 0.05) is 6.20 Å². The molecule has 0 radical (unpaired) electrons. The second-order valence-corrected chi connectivity index (χ2v) is 2.69. The summed E-state index contributed by atoms with van der Waals surface area (Å²) in [6.45, 7) is 3.67. The molecule has 0 amide bonds. The van der Waals surface area contributed by atoms with Crippen LogP contribution in [0.4, 0.5) is 0 Å². The second kappa shape index (κ2) is 3.49. The van der Waals surface area contributed by atoms with Crippen molar-refractivity contribution in [3.63, 3.8) is 0 Å². The molecule has 2 aromatic heterocycles. The van der Waals surface area contributed by atoms with Crippen molar-refractivity contribution in [3.05, 3.63) is 24.2 Å². The van der Waals surface area contributed by atoms with Crippen molar-refractivity contribution in [2.24, 2.45) is 0 Å². The number of hydrogen-bond donors (Lipinski definition) is 1. The van der Waals surface area contributed by atoms with Gasteiger partial charge in [-0.2, -0.15) is 9.61 Å². The fraction of sp³-hybridized carbons (Fsp3) is 0.375. The Bertz CT molecular complexity index is 394. The van der Waals surface area contributed by atoms with Crippen molar-refractivity contribution in [1.82, 2.24) is 25.1 Å². The summed E-state index contributed by atoms with van der Waals surface area (Å²) in [5, 5.41) is 15.3. The lowest BCUT2D eigenvalue weighted by molar-refractivity contribution is 0.666. The van der Waals surface area contributed by atoms with E-state index in [1.165, 1.54) is 0 Å². The minimum Gasteiger partial charge on any atom is -0.310 e. The quantitative estimate of drug-likeness (QED) is 0.729. The summed E-state index contributed by atoms with van der Waals surface area (Å²) < 4.78 is 1.74. The van der Waals surface area contributed by atoms with Crippen LogP contribution in [0.15, 0.2) is 18.3 Å². The molecule has 5 nitrogen and oxygen atoms in total. The highest BCUT2D eigenvalue weighted by atomic mass is 15.4. The van der Waals surface area contributed by atoms with Crippen LogP contribution in [0, 0.1) is 0 Å². The molecule has 2 heterocycles. The van der Waals surface area contributed by atoms with Crippen molar-refractivity contribution in [2.45, 2.75) is 13.5 Å². The predicted octanol–water partition coefficient (Wildman–Crippen LogP) is 0.234. The third-order valence-corrected chi connectivity index (χ3v) is 1.78. The zero-order chi connectivity index (χ0) is 9.10. The molecule has 0 atom stereocenters. The predicted molar refractivity (Wildman–Crippen MR) is 48.2 cm³/mol. The van der Waals surface area contributed by atoms with E-state index in [1.54, 1.807) is 10.7 Å². The highest BCUT2D eigenvalue weighted by Gasteiger charge is 2.03. The first-order chi connectivity index (χ1) is 6.42. The van der Waals surface area contributed by atoms with Gasteiger partial charge in [0.25, 0.3) is 0 Å². The van der Waals surface area contributed by atoms with E-state index in [0.717, 1.165) is 18.0 Å². The van der Waals surface area contributed by atoms with Gasteiger partial charge in [0.05, 0.1) is 6.54 Å². The van der Waals surface area contributed by atoms with Crippen LogP contribution >= 0.6 is 0 Å². The van der Waals surface area contributed by atoms with Crippen molar-refractivity contribution < 1.29 is 0 Å². The molecule has 68 valence electrons. The van der Waals surface area contributed by atoms with E-state index in [2.05, 4.69) is 27.5 Å². The van der Waals surface area contributed by atoms with Gasteiger partial charge >= 0.3 is 0 Å². The molecule has 0 spiro atoms. The minimum absolute atomic E-state index is 0.703. The van der Waals surface area contributed by atoms with Crippen LogP contribution in [-0.4, -0.2) is 26.4 Å². The number of rotatable bonds is 3. The fourth-order valence-corrected chi connectivity index (χ4v) is 1.14. The maximum Gasteiger partial charge on any atom is 0.177 e. The molecule has 0 unspecified atom stereocenters. The average Bonchev–Trinajstić information content (AvgIpc) is 2.58. The molecule has 2 aromatic rings. The normalized spacial score (nSPS) is 10.8. The van der Waals surface area contributed by atoms with Gasteiger partial charge in [-0.05, 0) is 18.7 Å². The van der Waals surface area contributed by atoms with E-state index in [-0.39, 0.29) is 0 Å². The average molecular weight is 177 g/mol. The van der Waals surface area contributed by atoms with Gasteiger partial charge < -0.3 is 5.32 Å². The molecule has 0 aliphatic heterocycles. The van der Waals surface area contributed by atoms with E-state index in [4.69, 9.17) is 0 Å². The van der Waals surface area contributed by atoms with Gasteiger partial charge in [-0.15, -0.1) is 10.2 Å². The maximum absolute atomic E-state index is 4.15. The minimum atomic E-state index is 0.703. The zero-order valence-corrected chi connectivity index (χ0v) is 7.44. The van der Waals surface area contributed by atoms with Crippen LogP contribution in [0.25, 0.3) is 5.65 Å². The van der Waals surface area contributed by atoms with Crippen LogP contribution in [0.3, 0.4) is 0 Å². The van der Waals surface area contributed by atoms with Crippen LogP contribution < -0.4 is 5.32 Å². The van der Waals surface area contributed by atoms with E-state index in [1.807, 2.05) is 12.1 Å². The summed E-state index contributed by atoms with van der Waals surface area (Å²) in [7, 11) is 0. The fourth-order valence-electron chi connectivity index (χ4n) is 1.14. The second-order valence-electron chi connectivity index (χ2n) is 2.69. The molecule has 0 aliphatic carbocycles. The molecule has 0 fully saturated rings. The Labute approximate surface area is 75.8 Å². The van der Waals surface area contributed by atoms with Crippen molar-refractivity contribution >= 4 is 5.65 Å². The Kier molecular flexibility index (Phi) is 2.18. The third kappa shape index (κ3) is 1.50. The molecule has 0 aromatic carbocycles. The largest absolute Gasteiger partial charge is 0.310 e. The van der Waals surface area contributed by atoms with Gasteiger partial charge in [-0.1, -0.05) is 6.92 Å². The molecule has 0 aliphatic rings. The Balaban J connectivity index is 2.35. The summed E-state index contributed by atoms with van der Waals surface area (Å²) in [4.78, 5) is 0. The Morgan fingerprint density at radius 1 is 1.46 bits per heavy atom. The molecule has 0 bridgehead atoms. The van der Waals surface area contributed by atoms with Crippen molar-refractivity contribution in [1.29, 1.82) is 0 Å². The van der Waals surface area contributed by atoms with Crippen LogP contribution in [-0.2, 0) is 6.54 Å². The van der Waals surface area contributed by atoms with Crippen LogP contribution in [0.2, 0.25) is 0 Å². The molecule has 1 N–H and O–H groups in total. The number of aromatic nitrogens is 4. The highest BCUT2D eigenvalue weighted by Crippen LogP contribution is 1.98. The van der Waals surface area contributed by atoms with E-state index in [0.29, 0.717) is 6.54 Å². The standard InChI is InChI=1S/C8H11N5/c1-2-9-6-8-12-11-7-4-3-5-10-13(7)8/h3-5,9H,2,6H2,1H3. The van der Waals surface area contributed by atoms with Crippen LogP contribution in [0.1, 0.15) is 12.7 Å². The molecular formula is C8H11N5. The summed E-state index contributed by atoms with van der Waals surface area (Å²) in [6, 6.07) is 3.73. The number of hydrogen-bond acceptors (Lipinski definition) is 4. The first-order valence-electron chi connectivity index (χ1n) is 4.28. The Hall–Kier alpha value is -1.49. The van der Waals surface area contributed by atoms with Crippen LogP contribution in [0.5, 0.6) is 0 Å². The highest BCUT2D eigenvalue weighted by molar-refractivity contribution is 5.34. The van der Waals surface area contributed by atoms with Gasteiger partial charge in [-0.25, -0.2) is 0 Å². The summed E-state index contributed by atoms with van der Waals surface area (Å²) in [5.41, 5.74) is 0.787. The van der Waals surface area contributed by atoms with Gasteiger partial charge in [0.15, 0.2) is 11.5 Å². The Morgan fingerprint density at radius 2 is 2.38 bits per heavy atom. The molecule has 0 saturated carbocycles. The molecule has 2 rings (SSSR count).